The van der Waals surface area contributed by atoms with Crippen molar-refractivity contribution in [1.82, 2.24) is 5.32 Å². The molecule has 2 N–H and O–H groups in total. The molecule has 140 valence electrons. The lowest BCUT2D eigenvalue weighted by Crippen LogP contribution is -2.39. The molecule has 2 aromatic rings. The molecule has 2 aromatic carbocycles. The molecular weight excluding hydrogens is 379 g/mol. The van der Waals surface area contributed by atoms with Crippen LogP contribution in [0.15, 0.2) is 36.4 Å². The third-order valence-electron chi connectivity index (χ3n) is 6.36. The molecule has 3 aliphatic rings. The maximum atomic E-state index is 12.6. The van der Waals surface area contributed by atoms with Crippen molar-refractivity contribution in [3.8, 4) is 0 Å². The molecule has 3 nitrogen and oxygen atoms in total. The predicted molar refractivity (Wildman–Crippen MR) is 110 cm³/mol. The van der Waals surface area contributed by atoms with Gasteiger partial charge in [-0.25, -0.2) is 0 Å². The van der Waals surface area contributed by atoms with Crippen LogP contribution in [0.2, 0.25) is 10.0 Å². The summed E-state index contributed by atoms with van der Waals surface area (Å²) in [4.78, 5) is 12.6. The van der Waals surface area contributed by atoms with Crippen LogP contribution < -0.4 is 10.6 Å². The van der Waals surface area contributed by atoms with Crippen LogP contribution in [0.4, 0.5) is 5.69 Å². The molecule has 0 saturated heterocycles. The number of halogens is 2. The number of hydrogen-bond acceptors (Lipinski definition) is 2. The summed E-state index contributed by atoms with van der Waals surface area (Å²) in [6.07, 6.45) is 6.76. The van der Waals surface area contributed by atoms with E-state index < -0.39 is 0 Å². The van der Waals surface area contributed by atoms with Crippen molar-refractivity contribution >= 4 is 34.8 Å². The van der Waals surface area contributed by atoms with Gasteiger partial charge in [0.2, 0.25) is 0 Å². The van der Waals surface area contributed by atoms with E-state index in [1.165, 1.54) is 24.8 Å². The van der Waals surface area contributed by atoms with E-state index in [4.69, 9.17) is 23.2 Å². The van der Waals surface area contributed by atoms with Crippen molar-refractivity contribution in [2.45, 2.75) is 56.0 Å². The van der Waals surface area contributed by atoms with Gasteiger partial charge in [-0.2, -0.15) is 0 Å². The summed E-state index contributed by atoms with van der Waals surface area (Å²) >= 11 is 12.4. The van der Waals surface area contributed by atoms with Crippen LogP contribution in [0.3, 0.4) is 0 Å². The summed E-state index contributed by atoms with van der Waals surface area (Å²) in [5.74, 6) is 0.0575. The number of hydrogen-bond donors (Lipinski definition) is 2. The fourth-order valence-corrected chi connectivity index (χ4v) is 4.96. The second-order valence-electron chi connectivity index (χ2n) is 8.25. The Morgan fingerprint density at radius 2 is 1.81 bits per heavy atom. The van der Waals surface area contributed by atoms with E-state index in [-0.39, 0.29) is 17.4 Å². The number of benzene rings is 2. The number of carbonyl (C=O) groups excluding carboxylic acids is 1. The van der Waals surface area contributed by atoms with Gasteiger partial charge in [0, 0.05) is 27.3 Å². The Balaban J connectivity index is 1.44. The van der Waals surface area contributed by atoms with E-state index in [1.807, 2.05) is 18.2 Å². The van der Waals surface area contributed by atoms with Crippen molar-refractivity contribution in [1.29, 1.82) is 0 Å². The van der Waals surface area contributed by atoms with E-state index in [2.05, 4.69) is 22.8 Å². The molecule has 0 bridgehead atoms. The minimum Gasteiger partial charge on any atom is -0.378 e. The zero-order valence-electron chi connectivity index (χ0n) is 15.0. The normalized spacial score (nSPS) is 22.5. The molecule has 2 aliphatic carbocycles. The first-order valence-corrected chi connectivity index (χ1v) is 10.5. The van der Waals surface area contributed by atoms with E-state index in [0.717, 1.165) is 36.1 Å². The molecule has 5 heteroatoms. The van der Waals surface area contributed by atoms with Crippen molar-refractivity contribution in [3.05, 3.63) is 63.1 Å². The minimum atomic E-state index is 0.0575. The molecule has 1 amide bonds. The number of amides is 1. The minimum absolute atomic E-state index is 0.0575. The highest BCUT2D eigenvalue weighted by molar-refractivity contribution is 6.34. The summed E-state index contributed by atoms with van der Waals surface area (Å²) in [6, 6.07) is 12.4. The second-order valence-corrected chi connectivity index (χ2v) is 9.12. The SMILES string of the molecule is O=C(NC1CCC1)c1ccc2c(c1)C1(CC1)CC(c1cc(Cl)cc(Cl)c1)N2. The summed E-state index contributed by atoms with van der Waals surface area (Å²) in [7, 11) is 0. The Hall–Kier alpha value is -1.71. The Bertz CT molecular complexity index is 898. The zero-order valence-corrected chi connectivity index (χ0v) is 16.5. The van der Waals surface area contributed by atoms with Gasteiger partial charge in [0.05, 0.1) is 6.04 Å². The molecule has 1 atom stereocenters. The largest absolute Gasteiger partial charge is 0.378 e. The lowest BCUT2D eigenvalue weighted by Gasteiger charge is -2.34. The highest BCUT2D eigenvalue weighted by Crippen LogP contribution is 2.59. The monoisotopic (exact) mass is 400 g/mol. The van der Waals surface area contributed by atoms with Crippen LogP contribution in [0.5, 0.6) is 0 Å². The summed E-state index contributed by atoms with van der Waals surface area (Å²) in [5.41, 5.74) is 4.48. The van der Waals surface area contributed by atoms with Gasteiger partial charge in [0.15, 0.2) is 0 Å². The summed E-state index contributed by atoms with van der Waals surface area (Å²) < 4.78 is 0. The van der Waals surface area contributed by atoms with Gasteiger partial charge in [0.25, 0.3) is 5.91 Å². The first-order chi connectivity index (χ1) is 13.0. The Morgan fingerprint density at radius 1 is 1.07 bits per heavy atom. The van der Waals surface area contributed by atoms with Gasteiger partial charge < -0.3 is 10.6 Å². The van der Waals surface area contributed by atoms with Crippen LogP contribution in [0, 0.1) is 0 Å². The first kappa shape index (κ1) is 17.4. The molecule has 1 spiro atoms. The number of fused-ring (bicyclic) bond motifs is 2. The number of nitrogens with one attached hydrogen (secondary N) is 2. The van der Waals surface area contributed by atoms with Crippen molar-refractivity contribution < 1.29 is 4.79 Å². The number of rotatable bonds is 3. The fourth-order valence-electron chi connectivity index (χ4n) is 4.41. The first-order valence-electron chi connectivity index (χ1n) is 9.70. The maximum absolute atomic E-state index is 12.6. The third-order valence-corrected chi connectivity index (χ3v) is 6.80. The Morgan fingerprint density at radius 3 is 2.44 bits per heavy atom. The molecule has 27 heavy (non-hydrogen) atoms. The van der Waals surface area contributed by atoms with E-state index >= 15 is 0 Å². The molecule has 2 fully saturated rings. The van der Waals surface area contributed by atoms with E-state index in [9.17, 15) is 4.79 Å². The third kappa shape index (κ3) is 3.21. The van der Waals surface area contributed by atoms with Crippen molar-refractivity contribution in [3.63, 3.8) is 0 Å². The van der Waals surface area contributed by atoms with Gasteiger partial charge in [-0.05, 0) is 91.5 Å². The van der Waals surface area contributed by atoms with E-state index in [1.54, 1.807) is 6.07 Å². The molecular formula is C22H22Cl2N2O. The Labute approximate surface area is 169 Å². The molecule has 5 rings (SSSR count). The molecule has 0 aromatic heterocycles. The molecule has 2 saturated carbocycles. The van der Waals surface area contributed by atoms with Gasteiger partial charge >= 0.3 is 0 Å². The van der Waals surface area contributed by atoms with Gasteiger partial charge in [0.1, 0.15) is 0 Å². The molecule has 0 radical (unpaired) electrons. The van der Waals surface area contributed by atoms with Crippen LogP contribution >= 0.6 is 23.2 Å². The average Bonchev–Trinajstić information content (AvgIpc) is 3.37. The molecule has 1 unspecified atom stereocenters. The van der Waals surface area contributed by atoms with Crippen LogP contribution in [0.1, 0.15) is 66.1 Å². The van der Waals surface area contributed by atoms with Crippen LogP contribution in [0.25, 0.3) is 0 Å². The Kier molecular flexibility index (Phi) is 4.14. The summed E-state index contributed by atoms with van der Waals surface area (Å²) in [5, 5.41) is 8.12. The lowest BCUT2D eigenvalue weighted by atomic mass is 9.81. The van der Waals surface area contributed by atoms with Crippen LogP contribution in [-0.2, 0) is 5.41 Å². The predicted octanol–water partition coefficient (Wildman–Crippen LogP) is 5.86. The maximum Gasteiger partial charge on any atom is 0.251 e. The van der Waals surface area contributed by atoms with Gasteiger partial charge in [-0.15, -0.1) is 0 Å². The standard InChI is InChI=1S/C22H22Cl2N2O/c23-15-8-14(9-16(24)11-15)20-12-22(6-7-22)18-10-13(4-5-19(18)26-20)21(27)25-17-2-1-3-17/h4-5,8-11,17,20,26H,1-3,6-7,12H2,(H,25,27). The second kappa shape index (κ2) is 6.42. The van der Waals surface area contributed by atoms with Gasteiger partial charge in [-0.1, -0.05) is 23.2 Å². The van der Waals surface area contributed by atoms with Crippen LogP contribution in [-0.4, -0.2) is 11.9 Å². The smallest absolute Gasteiger partial charge is 0.251 e. The van der Waals surface area contributed by atoms with Crippen molar-refractivity contribution in [2.24, 2.45) is 0 Å². The van der Waals surface area contributed by atoms with E-state index in [0.29, 0.717) is 16.1 Å². The fraction of sp³-hybridized carbons (Fsp3) is 0.409. The highest BCUT2D eigenvalue weighted by Gasteiger charge is 2.50. The topological polar surface area (TPSA) is 41.1 Å². The quantitative estimate of drug-likeness (QED) is 0.676. The highest BCUT2D eigenvalue weighted by atomic mass is 35.5. The molecule has 1 aliphatic heterocycles. The number of carbonyl (C=O) groups is 1. The average molecular weight is 401 g/mol. The van der Waals surface area contributed by atoms with Gasteiger partial charge in [-0.3, -0.25) is 4.79 Å². The molecule has 1 heterocycles. The lowest BCUT2D eigenvalue weighted by molar-refractivity contribution is 0.0917. The summed E-state index contributed by atoms with van der Waals surface area (Å²) in [6.45, 7) is 0. The number of anilines is 1. The zero-order chi connectivity index (χ0) is 18.6. The van der Waals surface area contributed by atoms with Crippen molar-refractivity contribution in [2.75, 3.05) is 5.32 Å².